The van der Waals surface area contributed by atoms with E-state index in [1.165, 1.54) is 12.8 Å². The lowest BCUT2D eigenvalue weighted by atomic mass is 10.0. The van der Waals surface area contributed by atoms with Crippen molar-refractivity contribution in [3.63, 3.8) is 0 Å². The molecule has 7 heteroatoms. The average Bonchev–Trinajstić information content (AvgIpc) is 3.26. The quantitative estimate of drug-likeness (QED) is 0.488. The second-order valence-corrected chi connectivity index (χ2v) is 9.63. The number of anilines is 1. The lowest BCUT2D eigenvalue weighted by Crippen LogP contribution is -2.18. The van der Waals surface area contributed by atoms with E-state index >= 15 is 0 Å². The summed E-state index contributed by atoms with van der Waals surface area (Å²) >= 11 is 0. The van der Waals surface area contributed by atoms with Crippen LogP contribution >= 0.6 is 0 Å². The summed E-state index contributed by atoms with van der Waals surface area (Å²) in [6.45, 7) is 0. The number of sulfonamides is 1. The standard InChI is InChI=1S/C24H24N4O2S/c25-31(29,30)23-17(14-13-16-7-1-4-10-19(16)23)15-22-27-21-12-6-5-11-20(21)24(28-22)26-18-8-2-3-9-18/h1,4-7,10-14,18H,2-3,8-9,15H2,(H2,25,29,30)(H,26,27,28). The molecule has 3 aromatic carbocycles. The van der Waals surface area contributed by atoms with Gasteiger partial charge in [-0.3, -0.25) is 0 Å². The van der Waals surface area contributed by atoms with Gasteiger partial charge in [-0.25, -0.2) is 23.5 Å². The van der Waals surface area contributed by atoms with Crippen molar-refractivity contribution in [1.29, 1.82) is 0 Å². The molecule has 3 N–H and O–H groups in total. The van der Waals surface area contributed by atoms with Crippen LogP contribution in [0.25, 0.3) is 21.7 Å². The summed E-state index contributed by atoms with van der Waals surface area (Å²) in [5.41, 5.74) is 1.44. The largest absolute Gasteiger partial charge is 0.367 e. The van der Waals surface area contributed by atoms with Gasteiger partial charge >= 0.3 is 0 Å². The van der Waals surface area contributed by atoms with Gasteiger partial charge in [-0.1, -0.05) is 61.4 Å². The van der Waals surface area contributed by atoms with Crippen molar-refractivity contribution in [3.05, 3.63) is 72.1 Å². The molecule has 0 radical (unpaired) electrons. The lowest BCUT2D eigenvalue weighted by molar-refractivity contribution is 0.597. The maximum absolute atomic E-state index is 12.5. The van der Waals surface area contributed by atoms with Crippen molar-refractivity contribution >= 4 is 37.5 Å². The van der Waals surface area contributed by atoms with Crippen LogP contribution in [0.1, 0.15) is 37.1 Å². The topological polar surface area (TPSA) is 98.0 Å². The van der Waals surface area contributed by atoms with Gasteiger partial charge in [-0.2, -0.15) is 0 Å². The van der Waals surface area contributed by atoms with Crippen LogP contribution in [0.15, 0.2) is 65.6 Å². The molecular weight excluding hydrogens is 408 g/mol. The average molecular weight is 433 g/mol. The molecule has 0 saturated heterocycles. The van der Waals surface area contributed by atoms with Crippen molar-refractivity contribution in [2.75, 3.05) is 5.32 Å². The second kappa shape index (κ2) is 7.90. The lowest BCUT2D eigenvalue weighted by Gasteiger charge is -2.16. The Hall–Kier alpha value is -3.03. The van der Waals surface area contributed by atoms with E-state index in [2.05, 4.69) is 5.32 Å². The van der Waals surface area contributed by atoms with Crippen molar-refractivity contribution in [1.82, 2.24) is 9.97 Å². The molecular formula is C24H24N4O2S. The van der Waals surface area contributed by atoms with Gasteiger partial charge in [0.15, 0.2) is 0 Å². The Morgan fingerprint density at radius 2 is 1.61 bits per heavy atom. The van der Waals surface area contributed by atoms with Crippen LogP contribution in [0, 0.1) is 0 Å². The van der Waals surface area contributed by atoms with E-state index in [4.69, 9.17) is 15.1 Å². The highest BCUT2D eigenvalue weighted by Crippen LogP contribution is 2.29. The van der Waals surface area contributed by atoms with Crippen LogP contribution in [0.2, 0.25) is 0 Å². The first-order valence-corrected chi connectivity index (χ1v) is 12.1. The number of primary sulfonamides is 1. The summed E-state index contributed by atoms with van der Waals surface area (Å²) in [6, 6.07) is 19.4. The Morgan fingerprint density at radius 3 is 2.39 bits per heavy atom. The minimum absolute atomic E-state index is 0.146. The predicted octanol–water partition coefficient (Wildman–Crippen LogP) is 4.38. The number of para-hydroxylation sites is 1. The Kier molecular flexibility index (Phi) is 5.08. The minimum atomic E-state index is -3.92. The number of hydrogen-bond donors (Lipinski definition) is 2. The van der Waals surface area contributed by atoms with Crippen molar-refractivity contribution in [2.24, 2.45) is 5.14 Å². The zero-order valence-electron chi connectivity index (χ0n) is 17.1. The zero-order chi connectivity index (χ0) is 21.4. The molecule has 0 amide bonds. The van der Waals surface area contributed by atoms with E-state index < -0.39 is 10.0 Å². The van der Waals surface area contributed by atoms with Gasteiger partial charge in [-0.05, 0) is 35.9 Å². The first-order valence-electron chi connectivity index (χ1n) is 10.5. The SMILES string of the molecule is NS(=O)(=O)c1c(Cc2nc(NC3CCCC3)c3ccccc3n2)ccc2ccccc12. The Morgan fingerprint density at radius 1 is 0.903 bits per heavy atom. The number of nitrogens with zero attached hydrogens (tertiary/aromatic N) is 2. The number of rotatable bonds is 5. The fourth-order valence-corrected chi connectivity index (χ4v) is 5.51. The first kappa shape index (κ1) is 19.9. The van der Waals surface area contributed by atoms with Gasteiger partial charge in [0.2, 0.25) is 10.0 Å². The second-order valence-electron chi connectivity index (χ2n) is 8.13. The summed E-state index contributed by atoms with van der Waals surface area (Å²) in [6.07, 6.45) is 4.99. The van der Waals surface area contributed by atoms with Crippen LogP contribution in [0.3, 0.4) is 0 Å². The highest BCUT2D eigenvalue weighted by atomic mass is 32.2. The molecule has 1 aliphatic rings. The van der Waals surface area contributed by atoms with E-state index in [0.29, 0.717) is 22.8 Å². The Bertz CT molecular complexity index is 1380. The summed E-state index contributed by atoms with van der Waals surface area (Å²) in [5.74, 6) is 1.38. The molecule has 1 heterocycles. The Labute approximate surface area is 181 Å². The highest BCUT2D eigenvalue weighted by Gasteiger charge is 2.21. The van der Waals surface area contributed by atoms with Crippen LogP contribution in [0.4, 0.5) is 5.82 Å². The number of aromatic nitrogens is 2. The molecule has 0 unspecified atom stereocenters. The maximum atomic E-state index is 12.5. The molecule has 1 aromatic heterocycles. The molecule has 6 nitrogen and oxygen atoms in total. The number of benzene rings is 3. The number of nitrogens with one attached hydrogen (secondary N) is 1. The molecule has 0 aliphatic heterocycles. The molecule has 4 aromatic rings. The van der Waals surface area contributed by atoms with Gasteiger partial charge in [0.05, 0.1) is 10.4 Å². The fraction of sp³-hybridized carbons (Fsp3) is 0.250. The third kappa shape index (κ3) is 3.98. The number of nitrogens with two attached hydrogens (primary N) is 1. The zero-order valence-corrected chi connectivity index (χ0v) is 17.9. The smallest absolute Gasteiger partial charge is 0.238 e. The van der Waals surface area contributed by atoms with Crippen molar-refractivity contribution in [2.45, 2.75) is 43.0 Å². The van der Waals surface area contributed by atoms with Crippen LogP contribution in [-0.2, 0) is 16.4 Å². The van der Waals surface area contributed by atoms with E-state index in [1.807, 2.05) is 54.6 Å². The predicted molar refractivity (Wildman–Crippen MR) is 124 cm³/mol. The first-order chi connectivity index (χ1) is 15.0. The van der Waals surface area contributed by atoms with Crippen LogP contribution in [0.5, 0.6) is 0 Å². The van der Waals surface area contributed by atoms with Gasteiger partial charge in [0.1, 0.15) is 11.6 Å². The van der Waals surface area contributed by atoms with E-state index in [0.717, 1.165) is 34.9 Å². The molecule has 0 bridgehead atoms. The fourth-order valence-electron chi connectivity index (χ4n) is 4.51. The molecule has 31 heavy (non-hydrogen) atoms. The monoisotopic (exact) mass is 432 g/mol. The summed E-state index contributed by atoms with van der Waals surface area (Å²) < 4.78 is 25.0. The summed E-state index contributed by atoms with van der Waals surface area (Å²) in [4.78, 5) is 9.67. The van der Waals surface area contributed by atoms with Crippen molar-refractivity contribution in [3.8, 4) is 0 Å². The van der Waals surface area contributed by atoms with E-state index in [-0.39, 0.29) is 11.3 Å². The van der Waals surface area contributed by atoms with Gasteiger partial charge in [0, 0.05) is 23.2 Å². The minimum Gasteiger partial charge on any atom is -0.367 e. The van der Waals surface area contributed by atoms with E-state index in [9.17, 15) is 8.42 Å². The normalized spacial score (nSPS) is 15.0. The van der Waals surface area contributed by atoms with Gasteiger partial charge < -0.3 is 5.32 Å². The number of fused-ring (bicyclic) bond motifs is 2. The molecule has 0 atom stereocenters. The molecule has 5 rings (SSSR count). The Balaban J connectivity index is 1.62. The summed E-state index contributed by atoms with van der Waals surface area (Å²) in [5, 5.41) is 11.6. The van der Waals surface area contributed by atoms with Crippen molar-refractivity contribution < 1.29 is 8.42 Å². The third-order valence-electron chi connectivity index (χ3n) is 5.94. The maximum Gasteiger partial charge on any atom is 0.238 e. The molecule has 1 aliphatic carbocycles. The molecule has 0 spiro atoms. The van der Waals surface area contributed by atoms with Crippen LogP contribution < -0.4 is 10.5 Å². The summed E-state index contributed by atoms with van der Waals surface area (Å²) in [7, 11) is -3.92. The molecule has 158 valence electrons. The van der Waals surface area contributed by atoms with Crippen LogP contribution in [-0.4, -0.2) is 24.4 Å². The van der Waals surface area contributed by atoms with E-state index in [1.54, 1.807) is 6.07 Å². The molecule has 1 saturated carbocycles. The van der Waals surface area contributed by atoms with Gasteiger partial charge in [-0.15, -0.1) is 0 Å². The third-order valence-corrected chi connectivity index (χ3v) is 6.99. The van der Waals surface area contributed by atoms with Gasteiger partial charge in [0.25, 0.3) is 0 Å². The highest BCUT2D eigenvalue weighted by molar-refractivity contribution is 7.89. The molecule has 1 fully saturated rings. The number of hydrogen-bond acceptors (Lipinski definition) is 5.